The van der Waals surface area contributed by atoms with Gasteiger partial charge in [0.25, 0.3) is 0 Å². The number of rotatable bonds is 6. The van der Waals surface area contributed by atoms with Crippen LogP contribution in [0.15, 0.2) is 46.9 Å². The molecule has 3 rings (SSSR count). The Morgan fingerprint density at radius 1 is 1.24 bits per heavy atom. The summed E-state index contributed by atoms with van der Waals surface area (Å²) in [6.07, 6.45) is -4.93. The van der Waals surface area contributed by atoms with Crippen molar-refractivity contribution in [1.82, 2.24) is 10.9 Å². The van der Waals surface area contributed by atoms with Crippen molar-refractivity contribution in [1.29, 1.82) is 0 Å². The van der Waals surface area contributed by atoms with E-state index in [1.165, 1.54) is 6.07 Å². The topological polar surface area (TPSA) is 79.5 Å². The van der Waals surface area contributed by atoms with Crippen molar-refractivity contribution in [2.24, 2.45) is 5.41 Å². The van der Waals surface area contributed by atoms with Crippen LogP contribution in [0, 0.1) is 5.41 Å². The maximum atomic E-state index is 13.3. The lowest BCUT2D eigenvalue weighted by Gasteiger charge is -2.40. The Morgan fingerprint density at radius 2 is 1.97 bits per heavy atom. The number of halogens is 5. The van der Waals surface area contributed by atoms with Gasteiger partial charge in [-0.1, -0.05) is 39.7 Å². The standard InChI is InChI=1S/C22H22BrClF3N3O3/c1-3-33-19(32)20(2)12-28-30-21(20,11-18(31)29-15-6-4-5-14(23)10-15)13-7-8-16(17(24)9-13)22(25,26)27/h4-10,28,30H,3,11-12H2,1-2H3,(H,29,31). The Balaban J connectivity index is 2.06. The second-order valence-electron chi connectivity index (χ2n) is 7.86. The summed E-state index contributed by atoms with van der Waals surface area (Å²) in [6.45, 7) is 3.42. The molecule has 2 atom stereocenters. The number of hydrogen-bond acceptors (Lipinski definition) is 5. The van der Waals surface area contributed by atoms with Crippen molar-refractivity contribution < 1.29 is 27.5 Å². The Labute approximate surface area is 202 Å². The number of benzene rings is 2. The van der Waals surface area contributed by atoms with Gasteiger partial charge in [-0.25, -0.2) is 5.43 Å². The molecule has 1 heterocycles. The summed E-state index contributed by atoms with van der Waals surface area (Å²) in [5.41, 5.74) is 2.82. The van der Waals surface area contributed by atoms with Gasteiger partial charge in [-0.2, -0.15) is 13.2 Å². The first kappa shape index (κ1) is 25.5. The van der Waals surface area contributed by atoms with E-state index in [0.717, 1.165) is 16.6 Å². The molecule has 1 aliphatic heterocycles. The molecular formula is C22H22BrClF3N3O3. The zero-order valence-corrected chi connectivity index (χ0v) is 20.1. The number of hydrogen-bond donors (Lipinski definition) is 3. The summed E-state index contributed by atoms with van der Waals surface area (Å²) in [5, 5.41) is 2.23. The Hall–Kier alpha value is -2.14. The molecule has 0 spiro atoms. The molecule has 11 heteroatoms. The highest BCUT2D eigenvalue weighted by molar-refractivity contribution is 9.10. The molecule has 3 N–H and O–H groups in total. The van der Waals surface area contributed by atoms with Gasteiger partial charge in [0.2, 0.25) is 5.91 Å². The lowest BCUT2D eigenvalue weighted by molar-refractivity contribution is -0.158. The van der Waals surface area contributed by atoms with E-state index in [-0.39, 0.29) is 25.1 Å². The summed E-state index contributed by atoms with van der Waals surface area (Å²) in [4.78, 5) is 26.1. The van der Waals surface area contributed by atoms with Gasteiger partial charge in [0.15, 0.2) is 0 Å². The van der Waals surface area contributed by atoms with Crippen LogP contribution in [-0.4, -0.2) is 25.0 Å². The lowest BCUT2D eigenvalue weighted by atomic mass is 9.66. The number of amides is 1. The van der Waals surface area contributed by atoms with Crippen molar-refractivity contribution in [2.45, 2.75) is 32.0 Å². The number of ether oxygens (including phenoxy) is 1. The van der Waals surface area contributed by atoms with Crippen molar-refractivity contribution >= 4 is 45.1 Å². The van der Waals surface area contributed by atoms with Crippen LogP contribution in [0.25, 0.3) is 0 Å². The first-order chi connectivity index (χ1) is 15.4. The van der Waals surface area contributed by atoms with E-state index in [0.29, 0.717) is 5.69 Å². The molecule has 2 unspecified atom stereocenters. The normalized spacial score (nSPS) is 22.8. The van der Waals surface area contributed by atoms with Crippen LogP contribution in [0.1, 0.15) is 31.4 Å². The fourth-order valence-electron chi connectivity index (χ4n) is 3.95. The second-order valence-corrected chi connectivity index (χ2v) is 9.19. The van der Waals surface area contributed by atoms with E-state index in [1.807, 2.05) is 0 Å². The van der Waals surface area contributed by atoms with E-state index in [1.54, 1.807) is 38.1 Å². The van der Waals surface area contributed by atoms with Crippen LogP contribution in [0.4, 0.5) is 18.9 Å². The smallest absolute Gasteiger partial charge is 0.417 e. The van der Waals surface area contributed by atoms with Crippen molar-refractivity contribution in [3.8, 4) is 0 Å². The van der Waals surface area contributed by atoms with E-state index in [2.05, 4.69) is 32.1 Å². The van der Waals surface area contributed by atoms with Gasteiger partial charge in [-0.3, -0.25) is 15.0 Å². The van der Waals surface area contributed by atoms with Crippen LogP contribution in [0.2, 0.25) is 5.02 Å². The van der Waals surface area contributed by atoms with Gasteiger partial charge in [-0.15, -0.1) is 0 Å². The highest BCUT2D eigenvalue weighted by Gasteiger charge is 2.60. The predicted molar refractivity (Wildman–Crippen MR) is 121 cm³/mol. The highest BCUT2D eigenvalue weighted by atomic mass is 79.9. The number of hydrazine groups is 1. The second kappa shape index (κ2) is 9.61. The number of esters is 1. The summed E-state index contributed by atoms with van der Waals surface area (Å²) in [7, 11) is 0. The first-order valence-electron chi connectivity index (χ1n) is 10.0. The van der Waals surface area contributed by atoms with E-state index in [9.17, 15) is 22.8 Å². The van der Waals surface area contributed by atoms with Crippen molar-refractivity contribution in [3.63, 3.8) is 0 Å². The van der Waals surface area contributed by atoms with Gasteiger partial charge in [-0.05, 0) is 49.7 Å². The van der Waals surface area contributed by atoms with E-state index < -0.39 is 39.6 Å². The zero-order chi connectivity index (χ0) is 24.4. The van der Waals surface area contributed by atoms with E-state index >= 15 is 0 Å². The largest absolute Gasteiger partial charge is 0.465 e. The summed E-state index contributed by atoms with van der Waals surface area (Å²) in [6, 6.07) is 10.1. The molecule has 33 heavy (non-hydrogen) atoms. The third-order valence-electron chi connectivity index (χ3n) is 5.71. The quantitative estimate of drug-likeness (QED) is 0.442. The summed E-state index contributed by atoms with van der Waals surface area (Å²) < 4.78 is 45.8. The van der Waals surface area contributed by atoms with Crippen molar-refractivity contribution in [3.05, 3.63) is 63.1 Å². The predicted octanol–water partition coefficient (Wildman–Crippen LogP) is 5.02. The molecule has 0 radical (unpaired) electrons. The lowest BCUT2D eigenvalue weighted by Crippen LogP contribution is -2.55. The third-order valence-corrected chi connectivity index (χ3v) is 6.52. The molecule has 0 saturated carbocycles. The number of carbonyl (C=O) groups is 2. The Kier molecular flexibility index (Phi) is 7.42. The third kappa shape index (κ3) is 5.03. The molecular weight excluding hydrogens is 527 g/mol. The van der Waals surface area contributed by atoms with Crippen LogP contribution in [0.5, 0.6) is 0 Å². The van der Waals surface area contributed by atoms with Gasteiger partial charge in [0.05, 0.1) is 29.2 Å². The average Bonchev–Trinajstić information content (AvgIpc) is 3.05. The maximum Gasteiger partial charge on any atom is 0.417 e. The molecule has 1 amide bonds. The highest BCUT2D eigenvalue weighted by Crippen LogP contribution is 2.48. The first-order valence-corrected chi connectivity index (χ1v) is 11.2. The molecule has 1 saturated heterocycles. The summed E-state index contributed by atoms with van der Waals surface area (Å²) >= 11 is 9.31. The van der Waals surface area contributed by atoms with Gasteiger partial charge >= 0.3 is 12.1 Å². The van der Waals surface area contributed by atoms with Gasteiger partial charge < -0.3 is 10.1 Å². The van der Waals surface area contributed by atoms with Gasteiger partial charge in [0.1, 0.15) is 5.41 Å². The summed E-state index contributed by atoms with van der Waals surface area (Å²) in [5.74, 6) is -1.07. The Morgan fingerprint density at radius 3 is 2.58 bits per heavy atom. The molecule has 178 valence electrons. The molecule has 2 aromatic carbocycles. The molecule has 1 fully saturated rings. The minimum Gasteiger partial charge on any atom is -0.465 e. The van der Waals surface area contributed by atoms with E-state index in [4.69, 9.17) is 16.3 Å². The fourth-order valence-corrected chi connectivity index (χ4v) is 4.64. The fraction of sp³-hybridized carbons (Fsp3) is 0.364. The Bertz CT molecular complexity index is 1070. The number of carbonyl (C=O) groups excluding carboxylic acids is 2. The van der Waals surface area contributed by atoms with Crippen LogP contribution in [-0.2, 0) is 26.0 Å². The number of nitrogens with one attached hydrogen (secondary N) is 3. The monoisotopic (exact) mass is 547 g/mol. The van der Waals surface area contributed by atoms with Crippen LogP contribution >= 0.6 is 27.5 Å². The molecule has 1 aliphatic rings. The minimum absolute atomic E-state index is 0.0780. The number of anilines is 1. The maximum absolute atomic E-state index is 13.3. The minimum atomic E-state index is -4.65. The molecule has 2 aromatic rings. The zero-order valence-electron chi connectivity index (χ0n) is 17.8. The number of alkyl halides is 3. The molecule has 0 aromatic heterocycles. The van der Waals surface area contributed by atoms with Gasteiger partial charge in [0, 0.05) is 16.7 Å². The molecule has 0 bridgehead atoms. The van der Waals surface area contributed by atoms with Crippen LogP contribution in [0.3, 0.4) is 0 Å². The van der Waals surface area contributed by atoms with Crippen molar-refractivity contribution in [2.75, 3.05) is 18.5 Å². The average molecular weight is 549 g/mol. The SMILES string of the molecule is CCOC(=O)C1(C)CNNC1(CC(=O)Nc1cccc(Br)c1)c1ccc(C(F)(F)F)c(Cl)c1. The van der Waals surface area contributed by atoms with Crippen LogP contribution < -0.4 is 16.2 Å². The molecule has 0 aliphatic carbocycles. The molecule has 6 nitrogen and oxygen atoms in total.